The Bertz CT molecular complexity index is 1440. The minimum absolute atomic E-state index is 0.158. The average molecular weight is 441 g/mol. The molecule has 0 aliphatic heterocycles. The van der Waals surface area contributed by atoms with Crippen molar-refractivity contribution >= 4 is 33.7 Å². The molecule has 1 aromatic heterocycles. The number of hydrogen-bond donors (Lipinski definition) is 2. The predicted octanol–water partition coefficient (Wildman–Crippen LogP) is 4.40. The molecule has 3 aromatic carbocycles. The van der Waals surface area contributed by atoms with Gasteiger partial charge in [0, 0.05) is 17.5 Å². The first-order valence-corrected chi connectivity index (χ1v) is 10.5. The fourth-order valence-electron chi connectivity index (χ4n) is 4.13. The lowest BCUT2D eigenvalue weighted by Gasteiger charge is -2.13. The minimum atomic E-state index is -1.09. The number of aliphatic carboxylic acids is 1. The first-order valence-electron chi connectivity index (χ1n) is 10.5. The Kier molecular flexibility index (Phi) is 5.76. The number of rotatable bonds is 7. The second-order valence-corrected chi connectivity index (χ2v) is 8.21. The summed E-state index contributed by atoms with van der Waals surface area (Å²) in [5.41, 5.74) is 10.0. The first kappa shape index (κ1) is 21.9. The van der Waals surface area contributed by atoms with Gasteiger partial charge >= 0.3 is 5.97 Å². The maximum atomic E-state index is 12.3. The van der Waals surface area contributed by atoms with Gasteiger partial charge in [-0.15, -0.1) is 0 Å². The van der Waals surface area contributed by atoms with Gasteiger partial charge < -0.3 is 20.1 Å². The number of carbonyl (C=O) groups excluding carboxylic acids is 1. The predicted molar refractivity (Wildman–Crippen MR) is 125 cm³/mol. The zero-order chi connectivity index (χ0) is 23.7. The molecular weight excluding hydrogens is 418 g/mol. The van der Waals surface area contributed by atoms with Crippen LogP contribution in [0.2, 0.25) is 0 Å². The number of nitrogens with zero attached hydrogens (tertiary/aromatic N) is 2. The molecule has 0 bridgehead atoms. The molecule has 1 heterocycles. The lowest BCUT2D eigenvalue weighted by molar-refractivity contribution is -0.139. The van der Waals surface area contributed by atoms with Crippen molar-refractivity contribution in [2.45, 2.75) is 26.3 Å². The molecule has 4 aromatic rings. The fraction of sp³-hybridized carbons (Fsp3) is 0.192. The van der Waals surface area contributed by atoms with Gasteiger partial charge in [-0.05, 0) is 53.4 Å². The summed E-state index contributed by atoms with van der Waals surface area (Å²) in [6.07, 6.45) is 0. The molecule has 0 fully saturated rings. The Morgan fingerprint density at radius 3 is 2.52 bits per heavy atom. The van der Waals surface area contributed by atoms with Crippen LogP contribution in [0, 0.1) is 11.3 Å². The molecule has 3 N–H and O–H groups in total. The lowest BCUT2D eigenvalue weighted by Crippen LogP contribution is -2.12. The van der Waals surface area contributed by atoms with Crippen LogP contribution < -0.4 is 10.5 Å². The van der Waals surface area contributed by atoms with Crippen LogP contribution in [0.5, 0.6) is 5.75 Å². The molecule has 4 rings (SSSR count). The number of hydrogen-bond acceptors (Lipinski definition) is 4. The SMILES string of the molecule is CC(C)c1cc(OCC(=O)O)c2c3c(C(N)=O)cccc3n(Cc3cccc(C#N)c3)c2c1. The van der Waals surface area contributed by atoms with Gasteiger partial charge in [-0.25, -0.2) is 4.79 Å². The Labute approximate surface area is 190 Å². The van der Waals surface area contributed by atoms with Gasteiger partial charge in [-0.3, -0.25) is 4.79 Å². The average Bonchev–Trinajstić information content (AvgIpc) is 3.11. The van der Waals surface area contributed by atoms with E-state index in [2.05, 4.69) is 6.07 Å². The maximum absolute atomic E-state index is 12.3. The minimum Gasteiger partial charge on any atom is -0.481 e. The molecule has 166 valence electrons. The quantitative estimate of drug-likeness (QED) is 0.441. The molecule has 7 nitrogen and oxygen atoms in total. The molecule has 1 amide bonds. The normalized spacial score (nSPS) is 11.1. The molecule has 0 radical (unpaired) electrons. The van der Waals surface area contributed by atoms with Crippen molar-refractivity contribution in [3.8, 4) is 11.8 Å². The van der Waals surface area contributed by atoms with E-state index < -0.39 is 18.5 Å². The fourth-order valence-corrected chi connectivity index (χ4v) is 4.13. The standard InChI is InChI=1S/C26H23N3O4/c1-15(2)18-10-21-25(22(11-18)33-14-23(30)31)24-19(26(28)32)7-4-8-20(24)29(21)13-17-6-3-5-16(9-17)12-27/h3-11,15H,13-14H2,1-2H3,(H2,28,32)(H,30,31). The number of ether oxygens (including phenoxy) is 1. The Morgan fingerprint density at radius 2 is 1.85 bits per heavy atom. The number of benzene rings is 3. The van der Waals surface area contributed by atoms with E-state index in [9.17, 15) is 20.0 Å². The Morgan fingerprint density at radius 1 is 1.09 bits per heavy atom. The van der Waals surface area contributed by atoms with Gasteiger partial charge in [-0.1, -0.05) is 32.0 Å². The summed E-state index contributed by atoms with van der Waals surface area (Å²) in [6.45, 7) is 4.02. The van der Waals surface area contributed by atoms with Gasteiger partial charge in [0.25, 0.3) is 0 Å². The van der Waals surface area contributed by atoms with Gasteiger partial charge in [0.1, 0.15) is 5.75 Å². The van der Waals surface area contributed by atoms with Gasteiger partial charge in [0.15, 0.2) is 6.61 Å². The van der Waals surface area contributed by atoms with E-state index in [0.29, 0.717) is 34.2 Å². The molecule has 0 spiro atoms. The highest BCUT2D eigenvalue weighted by molar-refractivity contribution is 6.20. The molecule has 7 heteroatoms. The summed E-state index contributed by atoms with van der Waals surface area (Å²) in [6, 6.07) is 18.7. The third-order valence-corrected chi connectivity index (χ3v) is 5.66. The smallest absolute Gasteiger partial charge is 0.341 e. The topological polar surface area (TPSA) is 118 Å². The van der Waals surface area contributed by atoms with E-state index in [1.807, 2.05) is 54.8 Å². The second-order valence-electron chi connectivity index (χ2n) is 8.21. The molecule has 0 aliphatic carbocycles. The number of fused-ring (bicyclic) bond motifs is 3. The van der Waals surface area contributed by atoms with Crippen LogP contribution in [-0.2, 0) is 11.3 Å². The molecule has 0 saturated heterocycles. The summed E-state index contributed by atoms with van der Waals surface area (Å²) in [5.74, 6) is -1.12. The van der Waals surface area contributed by atoms with E-state index >= 15 is 0 Å². The maximum Gasteiger partial charge on any atom is 0.341 e. The zero-order valence-corrected chi connectivity index (χ0v) is 18.3. The summed E-state index contributed by atoms with van der Waals surface area (Å²) in [5, 5.41) is 19.8. The first-order chi connectivity index (χ1) is 15.8. The summed E-state index contributed by atoms with van der Waals surface area (Å²) < 4.78 is 7.76. The number of nitriles is 1. The van der Waals surface area contributed by atoms with Crippen LogP contribution in [0.25, 0.3) is 21.8 Å². The monoisotopic (exact) mass is 441 g/mol. The lowest BCUT2D eigenvalue weighted by atomic mass is 9.99. The highest BCUT2D eigenvalue weighted by Gasteiger charge is 2.22. The van der Waals surface area contributed by atoms with E-state index in [-0.39, 0.29) is 5.92 Å². The summed E-state index contributed by atoms with van der Waals surface area (Å²) in [7, 11) is 0. The van der Waals surface area contributed by atoms with E-state index in [1.54, 1.807) is 18.2 Å². The van der Waals surface area contributed by atoms with Crippen molar-refractivity contribution in [2.75, 3.05) is 6.61 Å². The highest BCUT2D eigenvalue weighted by atomic mass is 16.5. The van der Waals surface area contributed by atoms with Gasteiger partial charge in [0.2, 0.25) is 5.91 Å². The number of primary amides is 1. The molecule has 0 unspecified atom stereocenters. The molecule has 33 heavy (non-hydrogen) atoms. The van der Waals surface area contributed by atoms with Crippen LogP contribution in [0.15, 0.2) is 54.6 Å². The highest BCUT2D eigenvalue weighted by Crippen LogP contribution is 2.40. The number of aromatic nitrogens is 1. The van der Waals surface area contributed by atoms with Gasteiger partial charge in [0.05, 0.1) is 28.1 Å². The summed E-state index contributed by atoms with van der Waals surface area (Å²) >= 11 is 0. The third kappa shape index (κ3) is 4.11. The Balaban J connectivity index is 2.08. The van der Waals surface area contributed by atoms with Crippen LogP contribution in [0.3, 0.4) is 0 Å². The second kappa shape index (κ2) is 8.67. The zero-order valence-electron chi connectivity index (χ0n) is 18.3. The van der Waals surface area contributed by atoms with E-state index in [1.165, 1.54) is 0 Å². The third-order valence-electron chi connectivity index (χ3n) is 5.66. The molecule has 0 atom stereocenters. The Hall–Kier alpha value is -4.31. The van der Waals surface area contributed by atoms with Crippen LogP contribution >= 0.6 is 0 Å². The number of carboxylic acids is 1. The van der Waals surface area contributed by atoms with Crippen molar-refractivity contribution in [1.82, 2.24) is 4.57 Å². The number of carboxylic acid groups (broad SMARTS) is 1. The van der Waals surface area contributed by atoms with Crippen molar-refractivity contribution in [2.24, 2.45) is 5.73 Å². The van der Waals surface area contributed by atoms with Crippen molar-refractivity contribution < 1.29 is 19.4 Å². The van der Waals surface area contributed by atoms with E-state index in [0.717, 1.165) is 22.2 Å². The molecule has 0 saturated carbocycles. The number of nitrogens with two attached hydrogens (primary N) is 1. The summed E-state index contributed by atoms with van der Waals surface area (Å²) in [4.78, 5) is 23.5. The number of amides is 1. The van der Waals surface area contributed by atoms with E-state index in [4.69, 9.17) is 10.5 Å². The van der Waals surface area contributed by atoms with Gasteiger partial charge in [-0.2, -0.15) is 5.26 Å². The van der Waals surface area contributed by atoms with Crippen LogP contribution in [0.4, 0.5) is 0 Å². The largest absolute Gasteiger partial charge is 0.481 e. The molecule has 0 aliphatic rings. The van der Waals surface area contributed by atoms with Crippen LogP contribution in [0.1, 0.15) is 46.8 Å². The molecular formula is C26H23N3O4. The van der Waals surface area contributed by atoms with Crippen molar-refractivity contribution in [1.29, 1.82) is 5.26 Å². The van der Waals surface area contributed by atoms with Crippen molar-refractivity contribution in [3.05, 3.63) is 76.9 Å². The number of carbonyl (C=O) groups is 2. The van der Waals surface area contributed by atoms with Crippen molar-refractivity contribution in [3.63, 3.8) is 0 Å². The van der Waals surface area contributed by atoms with Crippen LogP contribution in [-0.4, -0.2) is 28.2 Å².